The first-order valence-electron chi connectivity index (χ1n) is 8.55. The van der Waals surface area contributed by atoms with Gasteiger partial charge in [0, 0.05) is 36.4 Å². The smallest absolute Gasteiger partial charge is 0.129 e. The Labute approximate surface area is 152 Å². The van der Waals surface area contributed by atoms with Crippen molar-refractivity contribution in [2.45, 2.75) is 32.0 Å². The largest absolute Gasteiger partial charge is 0.496 e. The third-order valence-electron chi connectivity index (χ3n) is 4.40. The van der Waals surface area contributed by atoms with Crippen LogP contribution in [0.25, 0.3) is 10.6 Å². The summed E-state index contributed by atoms with van der Waals surface area (Å²) in [6, 6.07) is 14.9. The molecular formula is C20H21N3OS. The normalized spacial score (nSPS) is 14.0. The second-order valence-corrected chi connectivity index (χ2v) is 7.40. The van der Waals surface area contributed by atoms with Crippen molar-refractivity contribution in [2.24, 2.45) is 0 Å². The molecule has 4 rings (SSSR count). The molecule has 0 spiro atoms. The van der Waals surface area contributed by atoms with Crippen molar-refractivity contribution in [1.82, 2.24) is 14.9 Å². The number of hydrogen-bond donors (Lipinski definition) is 0. The Morgan fingerprint density at radius 1 is 1.08 bits per heavy atom. The third-order valence-corrected chi connectivity index (χ3v) is 5.42. The molecule has 2 heterocycles. The quantitative estimate of drug-likeness (QED) is 0.633. The fourth-order valence-electron chi connectivity index (χ4n) is 2.98. The minimum Gasteiger partial charge on any atom is -0.496 e. The SMILES string of the molecule is COc1ccccc1-c1ncc(CN(Cc2ccccn2)C2CC2)s1. The molecule has 1 aliphatic rings. The maximum absolute atomic E-state index is 5.47. The molecule has 0 N–H and O–H groups in total. The Morgan fingerprint density at radius 2 is 1.92 bits per heavy atom. The highest BCUT2D eigenvalue weighted by atomic mass is 32.1. The highest BCUT2D eigenvalue weighted by Gasteiger charge is 2.29. The summed E-state index contributed by atoms with van der Waals surface area (Å²) in [5, 5.41) is 1.01. The van der Waals surface area contributed by atoms with Crippen LogP contribution in [0.15, 0.2) is 54.9 Å². The van der Waals surface area contributed by atoms with Crippen molar-refractivity contribution in [3.63, 3.8) is 0 Å². The lowest BCUT2D eigenvalue weighted by Crippen LogP contribution is -2.25. The van der Waals surface area contributed by atoms with Gasteiger partial charge in [0.1, 0.15) is 10.8 Å². The third kappa shape index (κ3) is 3.89. The van der Waals surface area contributed by atoms with Crippen LogP contribution in [0.4, 0.5) is 0 Å². The first-order chi connectivity index (χ1) is 12.3. The van der Waals surface area contributed by atoms with Crippen molar-refractivity contribution in [3.05, 3.63) is 65.4 Å². The number of para-hydroxylation sites is 1. The molecule has 1 saturated carbocycles. The summed E-state index contributed by atoms with van der Waals surface area (Å²) in [4.78, 5) is 12.9. The van der Waals surface area contributed by atoms with Crippen molar-refractivity contribution in [1.29, 1.82) is 0 Å². The molecule has 25 heavy (non-hydrogen) atoms. The molecule has 0 amide bonds. The molecule has 1 aliphatic carbocycles. The van der Waals surface area contributed by atoms with Crippen molar-refractivity contribution in [3.8, 4) is 16.3 Å². The summed E-state index contributed by atoms with van der Waals surface area (Å²) in [5.74, 6) is 0.871. The minimum absolute atomic E-state index is 0.679. The van der Waals surface area contributed by atoms with E-state index >= 15 is 0 Å². The Balaban J connectivity index is 1.51. The number of nitrogens with zero attached hydrogens (tertiary/aromatic N) is 3. The van der Waals surface area contributed by atoms with E-state index in [-0.39, 0.29) is 0 Å². The van der Waals surface area contributed by atoms with E-state index < -0.39 is 0 Å². The molecule has 0 atom stereocenters. The highest BCUT2D eigenvalue weighted by Crippen LogP contribution is 2.35. The van der Waals surface area contributed by atoms with Crippen LogP contribution in [0.3, 0.4) is 0 Å². The Hall–Kier alpha value is -2.24. The summed E-state index contributed by atoms with van der Waals surface area (Å²) in [6.45, 7) is 1.82. The molecule has 3 aromatic rings. The Bertz CT molecular complexity index is 830. The van der Waals surface area contributed by atoms with Crippen LogP contribution in [0.5, 0.6) is 5.75 Å². The van der Waals surface area contributed by atoms with Crippen LogP contribution in [0.2, 0.25) is 0 Å². The van der Waals surface area contributed by atoms with Gasteiger partial charge < -0.3 is 4.74 Å². The van der Waals surface area contributed by atoms with Crippen LogP contribution < -0.4 is 4.74 Å². The lowest BCUT2D eigenvalue weighted by molar-refractivity contribution is 0.245. The van der Waals surface area contributed by atoms with E-state index in [1.807, 2.05) is 36.7 Å². The molecule has 1 fully saturated rings. The molecule has 5 heteroatoms. The van der Waals surface area contributed by atoms with Crippen LogP contribution in [0, 0.1) is 0 Å². The van der Waals surface area contributed by atoms with Gasteiger partial charge in [0.2, 0.25) is 0 Å². The molecule has 1 aromatic carbocycles. The molecule has 128 valence electrons. The lowest BCUT2D eigenvalue weighted by Gasteiger charge is -2.20. The van der Waals surface area contributed by atoms with Gasteiger partial charge >= 0.3 is 0 Å². The van der Waals surface area contributed by atoms with Gasteiger partial charge in [-0.1, -0.05) is 18.2 Å². The summed E-state index contributed by atoms with van der Waals surface area (Å²) < 4.78 is 5.47. The Morgan fingerprint density at radius 3 is 2.68 bits per heavy atom. The standard InChI is InChI=1S/C20H21N3OS/c1-24-19-8-3-2-7-18(19)20-22-12-17(25-20)14-23(16-9-10-16)13-15-6-4-5-11-21-15/h2-8,11-12,16H,9-10,13-14H2,1H3. The molecule has 0 radical (unpaired) electrons. The number of aromatic nitrogens is 2. The molecule has 0 unspecified atom stereocenters. The van der Waals surface area contributed by atoms with Gasteiger partial charge in [-0.2, -0.15) is 0 Å². The van der Waals surface area contributed by atoms with Gasteiger partial charge in [0.05, 0.1) is 18.4 Å². The summed E-state index contributed by atoms with van der Waals surface area (Å²) >= 11 is 1.75. The van der Waals surface area contributed by atoms with Crippen LogP contribution in [0.1, 0.15) is 23.4 Å². The predicted octanol–water partition coefficient (Wildman–Crippen LogP) is 4.38. The van der Waals surface area contributed by atoms with E-state index in [2.05, 4.69) is 33.1 Å². The molecule has 0 aliphatic heterocycles. The average Bonchev–Trinajstić information content (AvgIpc) is 3.41. The zero-order chi connectivity index (χ0) is 17.1. The molecule has 0 saturated heterocycles. The number of hydrogen-bond acceptors (Lipinski definition) is 5. The van der Waals surface area contributed by atoms with E-state index in [9.17, 15) is 0 Å². The van der Waals surface area contributed by atoms with E-state index in [0.29, 0.717) is 6.04 Å². The summed E-state index contributed by atoms with van der Waals surface area (Å²) in [6.07, 6.45) is 6.43. The van der Waals surface area contributed by atoms with E-state index in [1.54, 1.807) is 18.4 Å². The van der Waals surface area contributed by atoms with Gasteiger partial charge in [-0.05, 0) is 37.1 Å². The fraction of sp³-hybridized carbons (Fsp3) is 0.300. The maximum Gasteiger partial charge on any atom is 0.129 e. The number of thiazole rings is 1. The molecule has 2 aromatic heterocycles. The molecule has 4 nitrogen and oxygen atoms in total. The van der Waals surface area contributed by atoms with E-state index in [0.717, 1.165) is 35.1 Å². The van der Waals surface area contributed by atoms with E-state index in [4.69, 9.17) is 4.74 Å². The maximum atomic E-state index is 5.47. The zero-order valence-electron chi connectivity index (χ0n) is 14.3. The van der Waals surface area contributed by atoms with Crippen LogP contribution in [-0.4, -0.2) is 28.0 Å². The van der Waals surface area contributed by atoms with Gasteiger partial charge in [0.25, 0.3) is 0 Å². The van der Waals surface area contributed by atoms with Gasteiger partial charge in [0.15, 0.2) is 0 Å². The molecular weight excluding hydrogens is 330 g/mol. The number of rotatable bonds is 7. The first kappa shape index (κ1) is 16.2. The average molecular weight is 351 g/mol. The van der Waals surface area contributed by atoms with Gasteiger partial charge in [-0.15, -0.1) is 11.3 Å². The zero-order valence-corrected chi connectivity index (χ0v) is 15.1. The second kappa shape index (κ2) is 7.33. The van der Waals surface area contributed by atoms with Crippen LogP contribution >= 0.6 is 11.3 Å². The summed E-state index contributed by atoms with van der Waals surface area (Å²) in [5.41, 5.74) is 2.19. The van der Waals surface area contributed by atoms with Crippen molar-refractivity contribution >= 4 is 11.3 Å². The number of benzene rings is 1. The first-order valence-corrected chi connectivity index (χ1v) is 9.37. The number of ether oxygens (including phenoxy) is 1. The molecule has 0 bridgehead atoms. The number of methoxy groups -OCH3 is 1. The van der Waals surface area contributed by atoms with Gasteiger partial charge in [-0.25, -0.2) is 4.98 Å². The lowest BCUT2D eigenvalue weighted by atomic mass is 10.2. The topological polar surface area (TPSA) is 38.2 Å². The fourth-order valence-corrected chi connectivity index (χ4v) is 3.95. The Kier molecular flexibility index (Phi) is 4.76. The van der Waals surface area contributed by atoms with Crippen molar-refractivity contribution in [2.75, 3.05) is 7.11 Å². The minimum atomic E-state index is 0.679. The van der Waals surface area contributed by atoms with Crippen molar-refractivity contribution < 1.29 is 4.74 Å². The predicted molar refractivity (Wildman–Crippen MR) is 101 cm³/mol. The monoisotopic (exact) mass is 351 g/mol. The van der Waals surface area contributed by atoms with E-state index in [1.165, 1.54) is 17.7 Å². The highest BCUT2D eigenvalue weighted by molar-refractivity contribution is 7.15. The number of pyridine rings is 1. The van der Waals surface area contributed by atoms with Gasteiger partial charge in [-0.3, -0.25) is 9.88 Å². The van der Waals surface area contributed by atoms with Crippen LogP contribution in [-0.2, 0) is 13.1 Å². The summed E-state index contributed by atoms with van der Waals surface area (Å²) in [7, 11) is 1.70. The second-order valence-electron chi connectivity index (χ2n) is 6.29.